The maximum Gasteiger partial charge on any atom is 0.146 e. The molecule has 3 aromatic rings. The minimum Gasteiger partial charge on any atom is -0.265 e. The number of anilines is 1. The molecule has 1 aromatic carbocycles. The molecule has 2 heterocycles. The van der Waals surface area contributed by atoms with Gasteiger partial charge in [-0.25, -0.2) is 4.98 Å². The van der Waals surface area contributed by atoms with Crippen LogP contribution in [-0.4, -0.2) is 16.2 Å². The Morgan fingerprint density at radius 2 is 1.79 bits per heavy atom. The highest BCUT2D eigenvalue weighted by Gasteiger charge is 1.95. The number of nitrogens with one attached hydrogen (secondary N) is 1. The predicted molar refractivity (Wildman–Crippen MR) is 77.2 cm³/mol. The van der Waals surface area contributed by atoms with E-state index < -0.39 is 0 Å². The van der Waals surface area contributed by atoms with Gasteiger partial charge >= 0.3 is 0 Å². The first-order valence-electron chi connectivity index (χ1n) is 5.97. The van der Waals surface area contributed by atoms with Crippen molar-refractivity contribution in [1.29, 1.82) is 0 Å². The molecule has 2 aromatic heterocycles. The lowest BCUT2D eigenvalue weighted by molar-refractivity contribution is 1.26. The minimum atomic E-state index is 0.726. The molecule has 0 saturated carbocycles. The molecule has 0 aliphatic heterocycles. The van der Waals surface area contributed by atoms with E-state index in [0.717, 1.165) is 22.3 Å². The molecule has 1 N–H and O–H groups in total. The molecule has 0 unspecified atom stereocenters. The largest absolute Gasteiger partial charge is 0.265 e. The standard InChI is InChI=1S/C15H12N4/c1-2-4-14-13(3-1)5-6-15(18-14)19-17-11-12-7-9-16-10-8-12/h1-11H,(H,18,19)/b17-11-. The Hall–Kier alpha value is -2.75. The third-order valence-corrected chi connectivity index (χ3v) is 2.70. The maximum atomic E-state index is 4.47. The van der Waals surface area contributed by atoms with Crippen molar-refractivity contribution in [3.8, 4) is 0 Å². The fraction of sp³-hybridized carbons (Fsp3) is 0. The van der Waals surface area contributed by atoms with Crippen molar-refractivity contribution >= 4 is 22.9 Å². The van der Waals surface area contributed by atoms with Crippen LogP contribution in [-0.2, 0) is 0 Å². The number of pyridine rings is 2. The predicted octanol–water partition coefficient (Wildman–Crippen LogP) is 3.08. The zero-order valence-electron chi connectivity index (χ0n) is 10.2. The maximum absolute atomic E-state index is 4.47. The van der Waals surface area contributed by atoms with Crippen LogP contribution in [0.1, 0.15) is 5.56 Å². The summed E-state index contributed by atoms with van der Waals surface area (Å²) in [6.45, 7) is 0. The van der Waals surface area contributed by atoms with Crippen molar-refractivity contribution in [2.24, 2.45) is 5.10 Å². The summed E-state index contributed by atoms with van der Waals surface area (Å²) in [6.07, 6.45) is 5.20. The second-order valence-corrected chi connectivity index (χ2v) is 4.04. The Labute approximate surface area is 110 Å². The van der Waals surface area contributed by atoms with Crippen LogP contribution < -0.4 is 5.43 Å². The van der Waals surface area contributed by atoms with Gasteiger partial charge in [0.15, 0.2) is 0 Å². The lowest BCUT2D eigenvalue weighted by Gasteiger charge is -2.01. The summed E-state index contributed by atoms with van der Waals surface area (Å²) in [5.74, 6) is 0.726. The molecule has 3 rings (SSSR count). The van der Waals surface area contributed by atoms with Gasteiger partial charge in [0.1, 0.15) is 5.82 Å². The van der Waals surface area contributed by atoms with Gasteiger partial charge in [-0.15, -0.1) is 0 Å². The van der Waals surface area contributed by atoms with Gasteiger partial charge in [0, 0.05) is 17.8 Å². The number of hydrazone groups is 1. The zero-order valence-corrected chi connectivity index (χ0v) is 10.2. The van der Waals surface area contributed by atoms with E-state index in [0.29, 0.717) is 0 Å². The molecule has 0 bridgehead atoms. The summed E-state index contributed by atoms with van der Waals surface area (Å²) in [6, 6.07) is 15.7. The molecule has 0 fully saturated rings. The number of aromatic nitrogens is 2. The van der Waals surface area contributed by atoms with Gasteiger partial charge in [-0.3, -0.25) is 10.4 Å². The minimum absolute atomic E-state index is 0.726. The van der Waals surface area contributed by atoms with E-state index in [9.17, 15) is 0 Å². The Morgan fingerprint density at radius 1 is 0.947 bits per heavy atom. The highest BCUT2D eigenvalue weighted by molar-refractivity contribution is 5.81. The number of nitrogens with zero attached hydrogens (tertiary/aromatic N) is 3. The average Bonchev–Trinajstić information content (AvgIpc) is 2.48. The van der Waals surface area contributed by atoms with E-state index in [1.807, 2.05) is 48.5 Å². The summed E-state index contributed by atoms with van der Waals surface area (Å²) >= 11 is 0. The lowest BCUT2D eigenvalue weighted by Crippen LogP contribution is -1.93. The zero-order chi connectivity index (χ0) is 12.9. The van der Waals surface area contributed by atoms with E-state index in [1.165, 1.54) is 0 Å². The van der Waals surface area contributed by atoms with Gasteiger partial charge in [0.05, 0.1) is 11.7 Å². The fourth-order valence-corrected chi connectivity index (χ4v) is 1.75. The van der Waals surface area contributed by atoms with Crippen LogP contribution in [0.25, 0.3) is 10.9 Å². The van der Waals surface area contributed by atoms with Crippen LogP contribution >= 0.6 is 0 Å². The first-order valence-corrected chi connectivity index (χ1v) is 5.97. The van der Waals surface area contributed by atoms with Gasteiger partial charge in [0.2, 0.25) is 0 Å². The molecule has 0 aliphatic rings. The summed E-state index contributed by atoms with van der Waals surface area (Å²) < 4.78 is 0. The van der Waals surface area contributed by atoms with Gasteiger partial charge in [-0.05, 0) is 35.9 Å². The lowest BCUT2D eigenvalue weighted by atomic mass is 10.2. The summed E-state index contributed by atoms with van der Waals surface area (Å²) in [5.41, 5.74) is 4.86. The van der Waals surface area contributed by atoms with E-state index in [4.69, 9.17) is 0 Å². The fourth-order valence-electron chi connectivity index (χ4n) is 1.75. The van der Waals surface area contributed by atoms with E-state index in [1.54, 1.807) is 18.6 Å². The van der Waals surface area contributed by atoms with Crippen molar-refractivity contribution < 1.29 is 0 Å². The molecule has 0 radical (unpaired) electrons. The average molecular weight is 248 g/mol. The first kappa shape index (κ1) is 11.3. The van der Waals surface area contributed by atoms with Gasteiger partial charge in [0.25, 0.3) is 0 Å². The van der Waals surface area contributed by atoms with Gasteiger partial charge in [-0.2, -0.15) is 5.10 Å². The molecule has 0 atom stereocenters. The third-order valence-electron chi connectivity index (χ3n) is 2.70. The third kappa shape index (κ3) is 2.74. The van der Waals surface area contributed by atoms with Crippen molar-refractivity contribution in [3.63, 3.8) is 0 Å². The van der Waals surface area contributed by atoms with Crippen molar-refractivity contribution in [3.05, 3.63) is 66.5 Å². The summed E-state index contributed by atoms with van der Waals surface area (Å²) in [4.78, 5) is 8.42. The number of para-hydroxylation sites is 1. The number of rotatable bonds is 3. The molecule has 19 heavy (non-hydrogen) atoms. The van der Waals surface area contributed by atoms with Gasteiger partial charge in [-0.1, -0.05) is 18.2 Å². The van der Waals surface area contributed by atoms with Crippen LogP contribution in [0.2, 0.25) is 0 Å². The van der Waals surface area contributed by atoms with Crippen LogP contribution in [0.3, 0.4) is 0 Å². The molecular weight excluding hydrogens is 236 g/mol. The van der Waals surface area contributed by atoms with Crippen LogP contribution in [0, 0.1) is 0 Å². The molecule has 4 nitrogen and oxygen atoms in total. The Bertz CT molecular complexity index is 707. The Kier molecular flexibility index (Phi) is 3.14. The van der Waals surface area contributed by atoms with Crippen LogP contribution in [0.5, 0.6) is 0 Å². The molecule has 0 aliphatic carbocycles. The molecule has 0 spiro atoms. The Morgan fingerprint density at radius 3 is 2.68 bits per heavy atom. The Balaban J connectivity index is 1.77. The molecular formula is C15H12N4. The first-order chi connectivity index (χ1) is 9.42. The molecule has 4 heteroatoms. The topological polar surface area (TPSA) is 50.2 Å². The van der Waals surface area contributed by atoms with E-state index in [-0.39, 0.29) is 0 Å². The number of benzene rings is 1. The second kappa shape index (κ2) is 5.27. The number of fused-ring (bicyclic) bond motifs is 1. The summed E-state index contributed by atoms with van der Waals surface area (Å²) in [5, 5.41) is 5.27. The molecule has 92 valence electrons. The second-order valence-electron chi connectivity index (χ2n) is 4.04. The van der Waals surface area contributed by atoms with Crippen molar-refractivity contribution in [2.45, 2.75) is 0 Å². The van der Waals surface area contributed by atoms with E-state index >= 15 is 0 Å². The SMILES string of the molecule is C(=N/Nc1ccc2ccccc2n1)/c1ccncc1. The van der Waals surface area contributed by atoms with Crippen molar-refractivity contribution in [2.75, 3.05) is 5.43 Å². The highest BCUT2D eigenvalue weighted by atomic mass is 15.3. The van der Waals surface area contributed by atoms with Crippen LogP contribution in [0.4, 0.5) is 5.82 Å². The van der Waals surface area contributed by atoms with Crippen LogP contribution in [0.15, 0.2) is 66.0 Å². The van der Waals surface area contributed by atoms with Gasteiger partial charge < -0.3 is 0 Å². The smallest absolute Gasteiger partial charge is 0.146 e. The quantitative estimate of drug-likeness (QED) is 0.572. The van der Waals surface area contributed by atoms with E-state index in [2.05, 4.69) is 20.5 Å². The normalized spacial score (nSPS) is 10.9. The monoisotopic (exact) mass is 248 g/mol. The number of hydrogen-bond acceptors (Lipinski definition) is 4. The summed E-state index contributed by atoms with van der Waals surface area (Å²) in [7, 11) is 0. The molecule has 0 amide bonds. The number of hydrogen-bond donors (Lipinski definition) is 1. The van der Waals surface area contributed by atoms with Crippen molar-refractivity contribution in [1.82, 2.24) is 9.97 Å². The molecule has 0 saturated heterocycles. The highest BCUT2D eigenvalue weighted by Crippen LogP contribution is 2.14.